The number of nitrogens with zero attached hydrogens (tertiary/aromatic N) is 2. The Balaban J connectivity index is 1.73. The van der Waals surface area contributed by atoms with Gasteiger partial charge in [0.2, 0.25) is 0 Å². The molecular weight excluding hydrogens is 326 g/mol. The first-order valence-corrected chi connectivity index (χ1v) is 8.57. The van der Waals surface area contributed by atoms with E-state index >= 15 is 0 Å². The van der Waals surface area contributed by atoms with E-state index in [1.807, 2.05) is 6.20 Å². The molecule has 2 aromatic rings. The van der Waals surface area contributed by atoms with Gasteiger partial charge >= 0.3 is 0 Å². The number of rotatable bonds is 1. The Bertz CT molecular complexity index is 672. The van der Waals surface area contributed by atoms with E-state index in [1.54, 1.807) is 0 Å². The number of aromatic nitrogens is 1. The lowest BCUT2D eigenvalue weighted by Gasteiger charge is -2.29. The van der Waals surface area contributed by atoms with Crippen LogP contribution in [0, 0.1) is 11.8 Å². The summed E-state index contributed by atoms with van der Waals surface area (Å²) in [4.78, 5) is 7.13. The highest BCUT2D eigenvalue weighted by Crippen LogP contribution is 2.39. The second-order valence-electron chi connectivity index (χ2n) is 6.39. The fourth-order valence-corrected chi connectivity index (χ4v) is 4.59. The highest BCUT2D eigenvalue weighted by Gasteiger charge is 2.39. The van der Waals surface area contributed by atoms with E-state index in [0.717, 1.165) is 29.3 Å². The maximum Gasteiger partial charge on any atom is 0.136 e. The molecule has 1 aromatic heterocycles. The average molecular weight is 346 g/mol. The molecule has 110 valence electrons. The van der Waals surface area contributed by atoms with Gasteiger partial charge in [-0.15, -0.1) is 0 Å². The molecule has 1 aliphatic carbocycles. The Morgan fingerprint density at radius 1 is 1.14 bits per heavy atom. The van der Waals surface area contributed by atoms with Crippen LogP contribution >= 0.6 is 15.9 Å². The second-order valence-corrected chi connectivity index (χ2v) is 7.25. The first-order valence-electron chi connectivity index (χ1n) is 7.78. The molecule has 2 fully saturated rings. The number of fused-ring (bicyclic) bond motifs is 2. The molecule has 4 heteroatoms. The van der Waals surface area contributed by atoms with Crippen LogP contribution in [0.25, 0.3) is 10.8 Å². The van der Waals surface area contributed by atoms with E-state index in [0.29, 0.717) is 12.0 Å². The molecule has 3 atom stereocenters. The van der Waals surface area contributed by atoms with Crippen molar-refractivity contribution >= 4 is 32.5 Å². The number of pyridine rings is 1. The molecule has 1 saturated carbocycles. The van der Waals surface area contributed by atoms with Gasteiger partial charge in [-0.3, -0.25) is 0 Å². The van der Waals surface area contributed by atoms with Crippen molar-refractivity contribution in [2.75, 3.05) is 18.0 Å². The predicted octanol–water partition coefficient (Wildman–Crippen LogP) is 3.56. The molecule has 0 bridgehead atoms. The lowest BCUT2D eigenvalue weighted by Crippen LogP contribution is -2.38. The van der Waals surface area contributed by atoms with E-state index < -0.39 is 0 Å². The van der Waals surface area contributed by atoms with Crippen LogP contribution in [0.3, 0.4) is 0 Å². The van der Waals surface area contributed by atoms with Gasteiger partial charge in [-0.2, -0.15) is 0 Å². The highest BCUT2D eigenvalue weighted by atomic mass is 79.9. The Hall–Kier alpha value is -1.13. The molecule has 0 radical (unpaired) electrons. The predicted molar refractivity (Wildman–Crippen MR) is 90.5 cm³/mol. The van der Waals surface area contributed by atoms with Crippen LogP contribution in [-0.4, -0.2) is 24.1 Å². The van der Waals surface area contributed by atoms with Gasteiger partial charge < -0.3 is 10.6 Å². The van der Waals surface area contributed by atoms with Gasteiger partial charge in [-0.25, -0.2) is 4.98 Å². The maximum atomic E-state index is 6.34. The zero-order valence-corrected chi connectivity index (χ0v) is 13.6. The molecule has 1 aliphatic heterocycles. The Labute approximate surface area is 133 Å². The van der Waals surface area contributed by atoms with Crippen molar-refractivity contribution in [1.82, 2.24) is 4.98 Å². The summed E-state index contributed by atoms with van der Waals surface area (Å²) in [5, 5.41) is 2.47. The number of hydrogen-bond donors (Lipinski definition) is 1. The van der Waals surface area contributed by atoms with Gasteiger partial charge in [0.15, 0.2) is 0 Å². The topological polar surface area (TPSA) is 42.1 Å². The molecule has 3 nitrogen and oxygen atoms in total. The first-order chi connectivity index (χ1) is 10.2. The van der Waals surface area contributed by atoms with Crippen LogP contribution in [0.1, 0.15) is 19.3 Å². The van der Waals surface area contributed by atoms with Crippen LogP contribution in [0.4, 0.5) is 5.82 Å². The second kappa shape index (κ2) is 5.25. The number of halogens is 1. The molecule has 2 heterocycles. The van der Waals surface area contributed by atoms with E-state index in [-0.39, 0.29) is 0 Å². The molecule has 2 N–H and O–H groups in total. The van der Waals surface area contributed by atoms with Crippen molar-refractivity contribution in [2.24, 2.45) is 17.6 Å². The minimum absolute atomic E-state index is 0.371. The molecule has 21 heavy (non-hydrogen) atoms. The van der Waals surface area contributed by atoms with Gasteiger partial charge in [-0.1, -0.05) is 34.5 Å². The lowest BCUT2D eigenvalue weighted by atomic mass is 9.78. The van der Waals surface area contributed by atoms with E-state index in [1.165, 1.54) is 30.0 Å². The minimum Gasteiger partial charge on any atom is -0.355 e. The van der Waals surface area contributed by atoms with Gasteiger partial charge in [0.05, 0.1) is 0 Å². The van der Waals surface area contributed by atoms with Crippen molar-refractivity contribution in [3.8, 4) is 0 Å². The Kier molecular flexibility index (Phi) is 3.38. The summed E-state index contributed by atoms with van der Waals surface area (Å²) in [7, 11) is 0. The van der Waals surface area contributed by atoms with Crippen LogP contribution < -0.4 is 10.6 Å². The maximum absolute atomic E-state index is 6.34. The van der Waals surface area contributed by atoms with Crippen molar-refractivity contribution in [2.45, 2.75) is 25.3 Å². The van der Waals surface area contributed by atoms with Crippen LogP contribution in [-0.2, 0) is 0 Å². The van der Waals surface area contributed by atoms with Gasteiger partial charge in [0.1, 0.15) is 5.82 Å². The fraction of sp³-hybridized carbons (Fsp3) is 0.471. The van der Waals surface area contributed by atoms with Crippen LogP contribution in [0.15, 0.2) is 34.9 Å². The summed E-state index contributed by atoms with van der Waals surface area (Å²) in [6.45, 7) is 2.17. The molecule has 3 unspecified atom stereocenters. The lowest BCUT2D eigenvalue weighted by molar-refractivity contribution is 0.260. The van der Waals surface area contributed by atoms with E-state index in [2.05, 4.69) is 50.1 Å². The fourth-order valence-electron chi connectivity index (χ4n) is 4.10. The van der Waals surface area contributed by atoms with Gasteiger partial charge in [0.25, 0.3) is 0 Å². The monoisotopic (exact) mass is 345 g/mol. The summed E-state index contributed by atoms with van der Waals surface area (Å²) in [5.41, 5.74) is 6.34. The average Bonchev–Trinajstić information content (AvgIpc) is 2.93. The normalized spacial score (nSPS) is 28.9. The SMILES string of the molecule is NC1CCCC2CN(c3nccc4c(Br)cccc34)CC12. The smallest absolute Gasteiger partial charge is 0.136 e. The van der Waals surface area contributed by atoms with Crippen LogP contribution in [0.5, 0.6) is 0 Å². The summed E-state index contributed by atoms with van der Waals surface area (Å²) in [5.74, 6) is 2.51. The van der Waals surface area contributed by atoms with Crippen molar-refractivity contribution < 1.29 is 0 Å². The molecule has 1 aromatic carbocycles. The summed E-state index contributed by atoms with van der Waals surface area (Å²) in [6, 6.07) is 8.80. The highest BCUT2D eigenvalue weighted by molar-refractivity contribution is 9.10. The van der Waals surface area contributed by atoms with Gasteiger partial charge in [0, 0.05) is 40.6 Å². The molecule has 2 aliphatic rings. The standard InChI is InChI=1S/C17H20BrN3/c18-15-5-2-4-13-12(15)7-8-20-17(13)21-9-11-3-1-6-16(19)14(11)10-21/h2,4-5,7-8,11,14,16H,1,3,6,9-10,19H2. The molecule has 4 rings (SSSR count). The largest absolute Gasteiger partial charge is 0.355 e. The van der Waals surface area contributed by atoms with Crippen LogP contribution in [0.2, 0.25) is 0 Å². The van der Waals surface area contributed by atoms with Crippen molar-refractivity contribution in [3.05, 3.63) is 34.9 Å². The minimum atomic E-state index is 0.371. The van der Waals surface area contributed by atoms with E-state index in [4.69, 9.17) is 5.73 Å². The summed E-state index contributed by atoms with van der Waals surface area (Å²) in [6.07, 6.45) is 5.71. The molecule has 0 spiro atoms. The van der Waals surface area contributed by atoms with Crippen molar-refractivity contribution in [3.63, 3.8) is 0 Å². The zero-order valence-electron chi connectivity index (χ0n) is 12.0. The third kappa shape index (κ3) is 2.25. The van der Waals surface area contributed by atoms with Gasteiger partial charge in [-0.05, 0) is 36.8 Å². The van der Waals surface area contributed by atoms with E-state index in [9.17, 15) is 0 Å². The number of hydrogen-bond acceptors (Lipinski definition) is 3. The number of benzene rings is 1. The first kappa shape index (κ1) is 13.5. The summed E-state index contributed by atoms with van der Waals surface area (Å²) >= 11 is 3.64. The number of nitrogens with two attached hydrogens (primary N) is 1. The number of anilines is 1. The third-order valence-electron chi connectivity index (χ3n) is 5.19. The Morgan fingerprint density at radius 3 is 2.90 bits per heavy atom. The third-order valence-corrected chi connectivity index (χ3v) is 5.88. The zero-order chi connectivity index (χ0) is 14.4. The Morgan fingerprint density at radius 2 is 2.05 bits per heavy atom. The van der Waals surface area contributed by atoms with Crippen molar-refractivity contribution in [1.29, 1.82) is 0 Å². The quantitative estimate of drug-likeness (QED) is 0.859. The molecule has 1 saturated heterocycles. The molecule has 0 amide bonds. The molecular formula is C17H20BrN3. The summed E-state index contributed by atoms with van der Waals surface area (Å²) < 4.78 is 1.14.